The van der Waals surface area contributed by atoms with E-state index in [9.17, 15) is 13.2 Å². The fourth-order valence-corrected chi connectivity index (χ4v) is 13.5. The van der Waals surface area contributed by atoms with Crippen LogP contribution in [0.5, 0.6) is 5.75 Å². The summed E-state index contributed by atoms with van der Waals surface area (Å²) < 4.78 is 74.3. The molecular formula is C37H47N5O7S2. The van der Waals surface area contributed by atoms with Crippen LogP contribution in [0, 0.1) is 0 Å². The second-order valence-electron chi connectivity index (χ2n) is 15.3. The van der Waals surface area contributed by atoms with Crippen molar-refractivity contribution in [2.45, 2.75) is 80.5 Å². The summed E-state index contributed by atoms with van der Waals surface area (Å²) in [5.41, 5.74) is 5.26. The Balaban J connectivity index is 1.21. The van der Waals surface area contributed by atoms with Gasteiger partial charge in [-0.25, -0.2) is 13.1 Å². The Bertz CT molecular complexity index is 2100. The van der Waals surface area contributed by atoms with Gasteiger partial charge in [-0.1, -0.05) is 25.3 Å². The summed E-state index contributed by atoms with van der Waals surface area (Å²) in [4.78, 5) is 16.1. The van der Waals surface area contributed by atoms with E-state index in [2.05, 4.69) is 20.3 Å². The zero-order valence-corrected chi connectivity index (χ0v) is 30.8. The number of amides is 1. The van der Waals surface area contributed by atoms with E-state index in [4.69, 9.17) is 9.47 Å². The van der Waals surface area contributed by atoms with Gasteiger partial charge in [-0.15, -0.1) is 0 Å². The molecule has 14 heteroatoms. The van der Waals surface area contributed by atoms with E-state index in [0.29, 0.717) is 18.7 Å². The van der Waals surface area contributed by atoms with E-state index in [1.807, 2.05) is 22.5 Å². The Labute approximate surface area is 300 Å². The van der Waals surface area contributed by atoms with Crippen LogP contribution in [0.2, 0.25) is 0 Å². The zero-order chi connectivity index (χ0) is 35.1. The second-order valence-corrected chi connectivity index (χ2v) is 19.2. The largest absolute Gasteiger partial charge is 0.497 e. The lowest BCUT2D eigenvalue weighted by atomic mass is 9.81. The maximum absolute atomic E-state index is 15.2. The normalized spacial score (nSPS) is 28.7. The molecule has 2 aliphatic carbocycles. The molecule has 10 rings (SSSR count). The third-order valence-electron chi connectivity index (χ3n) is 12.7. The first-order valence-electron chi connectivity index (χ1n) is 18.6. The van der Waals surface area contributed by atoms with E-state index in [-0.39, 0.29) is 56.3 Å². The van der Waals surface area contributed by atoms with Crippen molar-refractivity contribution in [3.8, 4) is 17.0 Å². The first-order chi connectivity index (χ1) is 24.6. The highest BCUT2D eigenvalue weighted by Gasteiger charge is 2.68. The number of methoxy groups -OCH3 is 1. The highest BCUT2D eigenvalue weighted by atomic mass is 32.2. The first-order valence-corrected chi connectivity index (χ1v) is 21.5. The molecule has 1 N–H and O–H groups in total. The minimum atomic E-state index is -4.07. The lowest BCUT2D eigenvalue weighted by Crippen LogP contribution is -2.48. The van der Waals surface area contributed by atoms with Gasteiger partial charge in [0.1, 0.15) is 10.5 Å². The fraction of sp³-hybridized carbons (Fsp3) is 0.595. The van der Waals surface area contributed by atoms with Crippen molar-refractivity contribution in [3.63, 3.8) is 0 Å². The van der Waals surface area contributed by atoms with Crippen molar-refractivity contribution in [1.29, 1.82) is 0 Å². The zero-order valence-electron chi connectivity index (χ0n) is 29.2. The summed E-state index contributed by atoms with van der Waals surface area (Å²) >= 11 is 0. The Hall–Kier alpha value is -3.01. The molecule has 5 aliphatic heterocycles. The van der Waals surface area contributed by atoms with Crippen LogP contribution >= 0.6 is 0 Å². The molecule has 6 fully saturated rings. The van der Waals surface area contributed by atoms with Gasteiger partial charge in [-0.05, 0) is 92.6 Å². The average Bonchev–Trinajstić information content (AvgIpc) is 3.91. The molecule has 2 aromatic carbocycles. The van der Waals surface area contributed by atoms with Gasteiger partial charge in [0.25, 0.3) is 5.91 Å². The smallest absolute Gasteiger partial charge is 0.304 e. The van der Waals surface area contributed by atoms with Crippen molar-refractivity contribution in [1.82, 2.24) is 22.8 Å². The molecule has 1 amide bonds. The van der Waals surface area contributed by atoms with Crippen molar-refractivity contribution >= 4 is 37.0 Å². The van der Waals surface area contributed by atoms with Crippen LogP contribution in [0.15, 0.2) is 36.4 Å². The van der Waals surface area contributed by atoms with Crippen LogP contribution < -0.4 is 9.46 Å². The molecular weight excluding hydrogens is 691 g/mol. The fourth-order valence-electron chi connectivity index (χ4n) is 9.87. The number of aromatic nitrogens is 1. The third-order valence-corrected chi connectivity index (χ3v) is 16.9. The number of sulfonamides is 1. The second kappa shape index (κ2) is 12.6. The summed E-state index contributed by atoms with van der Waals surface area (Å²) in [5, 5.41) is 0.999. The monoisotopic (exact) mass is 737 g/mol. The van der Waals surface area contributed by atoms with E-state index in [1.165, 1.54) is 16.3 Å². The summed E-state index contributed by atoms with van der Waals surface area (Å²) in [5.74, 6) is 0.0785. The van der Waals surface area contributed by atoms with Gasteiger partial charge < -0.3 is 18.9 Å². The van der Waals surface area contributed by atoms with Crippen LogP contribution in [-0.2, 0) is 31.5 Å². The number of fused-ring (bicyclic) bond motifs is 11. The van der Waals surface area contributed by atoms with Gasteiger partial charge in [-0.3, -0.25) is 4.79 Å². The Kier molecular flexibility index (Phi) is 8.32. The number of piperidine rings is 1. The molecule has 0 spiro atoms. The highest BCUT2D eigenvalue weighted by molar-refractivity contribution is 7.91. The predicted molar refractivity (Wildman–Crippen MR) is 194 cm³/mol. The quantitative estimate of drug-likeness (QED) is 0.385. The summed E-state index contributed by atoms with van der Waals surface area (Å²) in [7, 11) is -6.20. The van der Waals surface area contributed by atoms with Crippen LogP contribution in [-0.4, -0.2) is 111 Å². The SMILES string of the molecule is COc1ccc2c(c1)C1CC1(S(=O)(=O)N1CCN3CCC1CC3)Cn1c-2c(C2CCCCC2)c2ccc(C(=O)NS(=O)(=O)N3CCOCC3)cc21. The number of ether oxygens (including phenoxy) is 2. The summed E-state index contributed by atoms with van der Waals surface area (Å²) in [6, 6.07) is 11.5. The van der Waals surface area contributed by atoms with Gasteiger partial charge >= 0.3 is 10.2 Å². The third kappa shape index (κ3) is 5.46. The predicted octanol–water partition coefficient (Wildman–Crippen LogP) is 4.02. The van der Waals surface area contributed by atoms with Crippen LogP contribution in [0.3, 0.4) is 0 Å². The van der Waals surface area contributed by atoms with Crippen molar-refractivity contribution < 1.29 is 31.1 Å². The minimum absolute atomic E-state index is 0.000187. The Morgan fingerprint density at radius 2 is 1.67 bits per heavy atom. The molecule has 2 saturated carbocycles. The molecule has 2 bridgehead atoms. The maximum Gasteiger partial charge on any atom is 0.304 e. The van der Waals surface area contributed by atoms with E-state index in [1.54, 1.807) is 19.2 Å². The number of rotatable bonds is 7. The molecule has 2 unspecified atom stereocenters. The van der Waals surface area contributed by atoms with Crippen LogP contribution in [0.4, 0.5) is 0 Å². The molecule has 6 heterocycles. The minimum Gasteiger partial charge on any atom is -0.497 e. The molecule has 3 aromatic rings. The molecule has 274 valence electrons. The Morgan fingerprint density at radius 1 is 0.902 bits per heavy atom. The van der Waals surface area contributed by atoms with E-state index in [0.717, 1.165) is 85.9 Å². The van der Waals surface area contributed by atoms with Gasteiger partial charge in [0.15, 0.2) is 0 Å². The lowest BCUT2D eigenvalue weighted by molar-refractivity contribution is 0.0719. The van der Waals surface area contributed by atoms with Crippen molar-refractivity contribution in [2.24, 2.45) is 0 Å². The van der Waals surface area contributed by atoms with Crippen molar-refractivity contribution in [3.05, 3.63) is 53.1 Å². The lowest BCUT2D eigenvalue weighted by Gasteiger charge is -2.34. The number of nitrogens with zero attached hydrogens (tertiary/aromatic N) is 4. The maximum atomic E-state index is 15.2. The van der Waals surface area contributed by atoms with Crippen molar-refractivity contribution in [2.75, 3.05) is 59.6 Å². The average molecular weight is 738 g/mol. The van der Waals surface area contributed by atoms with Crippen LogP contribution in [0.25, 0.3) is 22.2 Å². The number of carbonyl (C=O) groups excluding carboxylic acids is 1. The highest BCUT2D eigenvalue weighted by Crippen LogP contribution is 2.64. The number of hydrogen-bond acceptors (Lipinski definition) is 8. The standard InChI is InChI=1S/C37H47N5O7S2/c1-48-28-8-10-29-31(22-28)32-23-37(32,50(44,45)42-16-15-39-13-11-27(42)12-14-39)24-41-33-21-26(36(43)38-51(46,47)40-17-19-49-20-18-40)7-9-30(33)34(35(29)41)25-5-3-2-4-6-25/h7-10,21-22,25,27,32H,2-6,11-20,23-24H2,1H3,(H,38,43). The van der Waals surface area contributed by atoms with E-state index < -0.39 is 30.9 Å². The summed E-state index contributed by atoms with van der Waals surface area (Å²) in [6.07, 6.45) is 7.73. The molecule has 2 atom stereocenters. The summed E-state index contributed by atoms with van der Waals surface area (Å²) in [6.45, 7) is 4.27. The van der Waals surface area contributed by atoms with Gasteiger partial charge in [0.2, 0.25) is 10.0 Å². The molecule has 0 radical (unpaired) electrons. The van der Waals surface area contributed by atoms with Crippen LogP contribution in [0.1, 0.15) is 84.7 Å². The van der Waals surface area contributed by atoms with E-state index >= 15 is 8.42 Å². The number of carbonyl (C=O) groups is 1. The Morgan fingerprint density at radius 3 is 2.41 bits per heavy atom. The molecule has 7 aliphatic rings. The topological polar surface area (TPSA) is 130 Å². The number of morpholine rings is 1. The first kappa shape index (κ1) is 33.8. The molecule has 4 saturated heterocycles. The number of nitrogens with one attached hydrogen (secondary N) is 1. The molecule has 1 aromatic heterocycles. The molecule has 12 nitrogen and oxygen atoms in total. The number of hydrogen-bond donors (Lipinski definition) is 1. The van der Waals surface area contributed by atoms with Gasteiger partial charge in [-0.2, -0.15) is 17.0 Å². The van der Waals surface area contributed by atoms with Gasteiger partial charge in [0, 0.05) is 66.7 Å². The molecule has 51 heavy (non-hydrogen) atoms. The number of benzene rings is 2. The van der Waals surface area contributed by atoms with Gasteiger partial charge in [0.05, 0.1) is 26.0 Å².